The van der Waals surface area contributed by atoms with Gasteiger partial charge in [-0.15, -0.1) is 0 Å². The molecule has 1 N–H and O–H groups in total. The molecule has 0 heterocycles. The molecule has 0 bridgehead atoms. The van der Waals surface area contributed by atoms with E-state index in [0.717, 1.165) is 18.5 Å². The van der Waals surface area contributed by atoms with Crippen molar-refractivity contribution >= 4 is 12.0 Å². The summed E-state index contributed by atoms with van der Waals surface area (Å²) in [7, 11) is 0. The Balaban J connectivity index is 2.32. The van der Waals surface area contributed by atoms with E-state index in [9.17, 15) is 4.79 Å². The van der Waals surface area contributed by atoms with Gasteiger partial charge in [-0.2, -0.15) is 0 Å². The molecule has 2 heteroatoms. The lowest BCUT2D eigenvalue weighted by molar-refractivity contribution is -0.116. The molecular formula is C17H25NO. The third-order valence-corrected chi connectivity index (χ3v) is 3.33. The van der Waals surface area contributed by atoms with Gasteiger partial charge in [0.1, 0.15) is 0 Å². The second-order valence-electron chi connectivity index (χ2n) is 4.91. The fraction of sp³-hybridized carbons (Fsp3) is 0.471. The summed E-state index contributed by atoms with van der Waals surface area (Å²) < 4.78 is 0. The van der Waals surface area contributed by atoms with Gasteiger partial charge in [-0.25, -0.2) is 0 Å². The third-order valence-electron chi connectivity index (χ3n) is 3.33. The average Bonchev–Trinajstić information content (AvgIpc) is 2.46. The van der Waals surface area contributed by atoms with Crippen LogP contribution in [0.5, 0.6) is 0 Å². The van der Waals surface area contributed by atoms with Crippen LogP contribution in [0.15, 0.2) is 36.4 Å². The van der Waals surface area contributed by atoms with Crippen LogP contribution in [-0.2, 0) is 4.79 Å². The summed E-state index contributed by atoms with van der Waals surface area (Å²) in [5.41, 5.74) is 1.05. The Hall–Kier alpha value is -1.57. The minimum atomic E-state index is -0.00111. The van der Waals surface area contributed by atoms with Crippen LogP contribution >= 0.6 is 0 Å². The van der Waals surface area contributed by atoms with E-state index in [0.29, 0.717) is 5.92 Å². The van der Waals surface area contributed by atoms with E-state index in [4.69, 9.17) is 0 Å². The van der Waals surface area contributed by atoms with E-state index in [1.807, 2.05) is 36.4 Å². The van der Waals surface area contributed by atoms with Gasteiger partial charge in [0.2, 0.25) is 5.91 Å². The molecule has 0 aliphatic carbocycles. The first-order valence-electron chi connectivity index (χ1n) is 7.27. The standard InChI is InChI=1S/C17H25NO/c1-3-5-9-15(4-2)14-18-17(19)13-12-16-10-7-6-8-11-16/h6-8,10-13,15H,3-5,9,14H2,1-2H3,(H,18,19). The molecule has 1 aromatic carbocycles. The second kappa shape index (κ2) is 9.37. The maximum Gasteiger partial charge on any atom is 0.244 e. The smallest absolute Gasteiger partial charge is 0.244 e. The highest BCUT2D eigenvalue weighted by Gasteiger charge is 2.06. The first-order valence-corrected chi connectivity index (χ1v) is 7.27. The summed E-state index contributed by atoms with van der Waals surface area (Å²) in [6.07, 6.45) is 8.26. The molecule has 0 aliphatic rings. The number of hydrogen-bond acceptors (Lipinski definition) is 1. The SMILES string of the molecule is CCCCC(CC)CNC(=O)C=Cc1ccccc1. The van der Waals surface area contributed by atoms with Crippen LogP contribution in [0, 0.1) is 5.92 Å². The molecule has 0 fully saturated rings. The quantitative estimate of drug-likeness (QED) is 0.702. The minimum absolute atomic E-state index is 0.00111. The van der Waals surface area contributed by atoms with E-state index in [1.54, 1.807) is 6.08 Å². The van der Waals surface area contributed by atoms with E-state index in [2.05, 4.69) is 19.2 Å². The molecule has 0 saturated carbocycles. The van der Waals surface area contributed by atoms with Gasteiger partial charge in [0, 0.05) is 12.6 Å². The van der Waals surface area contributed by atoms with Crippen molar-refractivity contribution in [3.8, 4) is 0 Å². The number of hydrogen-bond donors (Lipinski definition) is 1. The van der Waals surface area contributed by atoms with Gasteiger partial charge in [0.25, 0.3) is 0 Å². The molecule has 1 aromatic rings. The Kier molecular flexibility index (Phi) is 7.64. The zero-order valence-electron chi connectivity index (χ0n) is 12.1. The number of benzene rings is 1. The molecule has 0 aliphatic heterocycles. The van der Waals surface area contributed by atoms with E-state index >= 15 is 0 Å². The molecule has 1 rings (SSSR count). The van der Waals surface area contributed by atoms with Gasteiger partial charge in [-0.1, -0.05) is 63.4 Å². The van der Waals surface area contributed by atoms with Gasteiger partial charge in [0.05, 0.1) is 0 Å². The van der Waals surface area contributed by atoms with Gasteiger partial charge >= 0.3 is 0 Å². The number of carbonyl (C=O) groups excluding carboxylic acids is 1. The van der Waals surface area contributed by atoms with E-state index < -0.39 is 0 Å². The highest BCUT2D eigenvalue weighted by Crippen LogP contribution is 2.11. The normalized spacial score (nSPS) is 12.5. The highest BCUT2D eigenvalue weighted by molar-refractivity contribution is 5.91. The molecule has 0 radical (unpaired) electrons. The number of amides is 1. The fourth-order valence-electron chi connectivity index (χ4n) is 1.98. The van der Waals surface area contributed by atoms with E-state index in [1.165, 1.54) is 19.3 Å². The van der Waals surface area contributed by atoms with Gasteiger partial charge in [0.15, 0.2) is 0 Å². The van der Waals surface area contributed by atoms with E-state index in [-0.39, 0.29) is 5.91 Å². The largest absolute Gasteiger partial charge is 0.352 e. The van der Waals surface area contributed by atoms with Crippen molar-refractivity contribution in [2.45, 2.75) is 39.5 Å². The molecule has 19 heavy (non-hydrogen) atoms. The predicted octanol–water partition coefficient (Wildman–Crippen LogP) is 4.03. The predicted molar refractivity (Wildman–Crippen MR) is 81.8 cm³/mol. The van der Waals surface area contributed by atoms with Gasteiger partial charge < -0.3 is 5.32 Å². The molecule has 2 nitrogen and oxygen atoms in total. The molecule has 104 valence electrons. The maximum absolute atomic E-state index is 11.7. The monoisotopic (exact) mass is 259 g/mol. The van der Waals surface area contributed by atoms with Crippen LogP contribution in [0.25, 0.3) is 6.08 Å². The summed E-state index contributed by atoms with van der Waals surface area (Å²) in [6, 6.07) is 9.88. The van der Waals surface area contributed by atoms with Gasteiger partial charge in [-0.3, -0.25) is 4.79 Å². The molecule has 0 spiro atoms. The topological polar surface area (TPSA) is 29.1 Å². The lowest BCUT2D eigenvalue weighted by Gasteiger charge is -2.14. The van der Waals surface area contributed by atoms with Crippen molar-refractivity contribution in [3.05, 3.63) is 42.0 Å². The zero-order chi connectivity index (χ0) is 13.9. The van der Waals surface area contributed by atoms with Crippen molar-refractivity contribution in [1.82, 2.24) is 5.32 Å². The minimum Gasteiger partial charge on any atom is -0.352 e. The molecule has 0 aromatic heterocycles. The van der Waals surface area contributed by atoms with Crippen molar-refractivity contribution in [2.75, 3.05) is 6.54 Å². The van der Waals surface area contributed by atoms with Crippen LogP contribution in [-0.4, -0.2) is 12.5 Å². The Morgan fingerprint density at radius 2 is 2.00 bits per heavy atom. The molecule has 1 atom stereocenters. The Morgan fingerprint density at radius 3 is 2.63 bits per heavy atom. The lowest BCUT2D eigenvalue weighted by atomic mass is 9.99. The number of carbonyl (C=O) groups is 1. The first kappa shape index (κ1) is 15.5. The van der Waals surface area contributed by atoms with Crippen LogP contribution in [0.1, 0.15) is 45.1 Å². The summed E-state index contributed by atoms with van der Waals surface area (Å²) in [5.74, 6) is 0.604. The van der Waals surface area contributed by atoms with Crippen LogP contribution in [0.2, 0.25) is 0 Å². The maximum atomic E-state index is 11.7. The number of rotatable bonds is 8. The van der Waals surface area contributed by atoms with Crippen LogP contribution in [0.4, 0.5) is 0 Å². The second-order valence-corrected chi connectivity index (χ2v) is 4.91. The fourth-order valence-corrected chi connectivity index (χ4v) is 1.98. The highest BCUT2D eigenvalue weighted by atomic mass is 16.1. The first-order chi connectivity index (χ1) is 9.26. The Bertz CT molecular complexity index is 384. The third kappa shape index (κ3) is 6.80. The van der Waals surface area contributed by atoms with Crippen molar-refractivity contribution in [3.63, 3.8) is 0 Å². The summed E-state index contributed by atoms with van der Waals surface area (Å²) >= 11 is 0. The average molecular weight is 259 g/mol. The summed E-state index contributed by atoms with van der Waals surface area (Å²) in [6.45, 7) is 5.18. The number of unbranched alkanes of at least 4 members (excludes halogenated alkanes) is 1. The van der Waals surface area contributed by atoms with Gasteiger partial charge in [-0.05, 0) is 24.0 Å². The Morgan fingerprint density at radius 1 is 1.26 bits per heavy atom. The lowest BCUT2D eigenvalue weighted by Crippen LogP contribution is -2.27. The van der Waals surface area contributed by atoms with Crippen molar-refractivity contribution in [2.24, 2.45) is 5.92 Å². The van der Waals surface area contributed by atoms with Crippen LogP contribution in [0.3, 0.4) is 0 Å². The molecular weight excluding hydrogens is 234 g/mol. The Labute approximate surface area is 116 Å². The number of nitrogens with one attached hydrogen (secondary N) is 1. The molecule has 1 amide bonds. The zero-order valence-corrected chi connectivity index (χ0v) is 12.1. The van der Waals surface area contributed by atoms with Crippen molar-refractivity contribution < 1.29 is 4.79 Å². The molecule has 1 unspecified atom stereocenters. The summed E-state index contributed by atoms with van der Waals surface area (Å²) in [4.78, 5) is 11.7. The van der Waals surface area contributed by atoms with Crippen LogP contribution < -0.4 is 5.32 Å². The molecule has 0 saturated heterocycles. The van der Waals surface area contributed by atoms with Crippen molar-refractivity contribution in [1.29, 1.82) is 0 Å². The summed E-state index contributed by atoms with van der Waals surface area (Å²) in [5, 5.41) is 2.99.